The lowest BCUT2D eigenvalue weighted by Gasteiger charge is -2.24. The molecule has 0 amide bonds. The van der Waals surface area contributed by atoms with Gasteiger partial charge in [-0.05, 0) is 49.7 Å². The van der Waals surface area contributed by atoms with Gasteiger partial charge in [0.05, 0.1) is 0 Å². The molecule has 0 saturated heterocycles. The van der Waals surface area contributed by atoms with E-state index in [4.69, 9.17) is 5.11 Å². The van der Waals surface area contributed by atoms with Crippen molar-refractivity contribution in [2.45, 2.75) is 81.7 Å². The fraction of sp³-hybridized carbons (Fsp3) is 0.500. The van der Waals surface area contributed by atoms with E-state index in [1.54, 1.807) is 12.1 Å². The fourth-order valence-corrected chi connectivity index (χ4v) is 3.26. The predicted octanol–water partition coefficient (Wildman–Crippen LogP) is 8.12. The highest BCUT2D eigenvalue weighted by Crippen LogP contribution is 2.39. The molecule has 38 heavy (non-hydrogen) atoms. The second kappa shape index (κ2) is 14.5. The normalized spacial score (nSPS) is 13.4. The molecule has 1 N–H and O–H groups in total. The van der Waals surface area contributed by atoms with Gasteiger partial charge >= 0.3 is 24.2 Å². The van der Waals surface area contributed by atoms with Crippen molar-refractivity contribution in [2.75, 3.05) is 0 Å². The Morgan fingerprint density at radius 2 is 1.05 bits per heavy atom. The molecule has 2 aromatic rings. The number of aliphatic hydroxyl groups excluding tert-OH is 1. The highest BCUT2D eigenvalue weighted by atomic mass is 19.4. The number of carbonyl (C=O) groups is 1. The summed E-state index contributed by atoms with van der Waals surface area (Å²) in [6, 6.07) is 18.2. The van der Waals surface area contributed by atoms with Crippen LogP contribution in [0.5, 0.6) is 0 Å². The van der Waals surface area contributed by atoms with Gasteiger partial charge in [-0.2, -0.15) is 43.9 Å². The number of Topliss-reactive ketones (excluding diaryl/α,β-unsaturated/α-hetero) is 1. The summed E-state index contributed by atoms with van der Waals surface area (Å²) in [5.74, 6) is -12.3. The molecule has 0 fully saturated rings. The van der Waals surface area contributed by atoms with E-state index < -0.39 is 48.9 Å². The van der Waals surface area contributed by atoms with Crippen LogP contribution in [0.3, 0.4) is 0 Å². The molecule has 0 spiro atoms. The summed E-state index contributed by atoms with van der Waals surface area (Å²) in [6.07, 6.45) is -13.4. The van der Waals surface area contributed by atoms with Gasteiger partial charge in [0.1, 0.15) is 6.10 Å². The second-order valence-corrected chi connectivity index (χ2v) is 8.56. The standard InChI is InChI=1S/C13H15F5O.C13H13F5O/c2*14-12(15,13(16,17)18)11(19)9-5-4-8-10-6-2-1-3-7-10/h1-3,6-7,11,19H,4-5,8-9H2;1-3,6-7H,4-5,8-9H2. The Kier molecular flexibility index (Phi) is 12.7. The smallest absolute Gasteiger partial charge is 0.386 e. The van der Waals surface area contributed by atoms with Crippen molar-refractivity contribution in [3.63, 3.8) is 0 Å². The molecule has 0 aliphatic rings. The lowest BCUT2D eigenvalue weighted by molar-refractivity contribution is -0.313. The second-order valence-electron chi connectivity index (χ2n) is 8.56. The van der Waals surface area contributed by atoms with Crippen molar-refractivity contribution >= 4 is 5.78 Å². The van der Waals surface area contributed by atoms with E-state index in [1.807, 2.05) is 48.5 Å². The summed E-state index contributed by atoms with van der Waals surface area (Å²) in [5, 5.41) is 8.94. The van der Waals surface area contributed by atoms with Crippen molar-refractivity contribution in [3.8, 4) is 0 Å². The third-order valence-electron chi connectivity index (χ3n) is 5.50. The number of alkyl halides is 10. The molecule has 0 bridgehead atoms. The minimum absolute atomic E-state index is 0.0133. The number of hydrogen-bond acceptors (Lipinski definition) is 2. The number of ketones is 1. The summed E-state index contributed by atoms with van der Waals surface area (Å²) in [5.41, 5.74) is 1.94. The Labute approximate surface area is 213 Å². The van der Waals surface area contributed by atoms with E-state index in [9.17, 15) is 48.7 Å². The lowest BCUT2D eigenvalue weighted by atomic mass is 10.0. The average molecular weight is 562 g/mol. The molecule has 1 unspecified atom stereocenters. The maximum absolute atomic E-state index is 12.7. The summed E-state index contributed by atoms with van der Waals surface area (Å²) in [6.45, 7) is 0. The summed E-state index contributed by atoms with van der Waals surface area (Å²) < 4.78 is 122. The lowest BCUT2D eigenvalue weighted by Crippen LogP contribution is -2.46. The first kappa shape index (κ1) is 33.4. The van der Waals surface area contributed by atoms with Gasteiger partial charge in [-0.15, -0.1) is 0 Å². The topological polar surface area (TPSA) is 37.3 Å². The Balaban J connectivity index is 0.000000380. The minimum atomic E-state index is -5.80. The van der Waals surface area contributed by atoms with Crippen molar-refractivity contribution in [1.82, 2.24) is 0 Å². The molecule has 0 aromatic heterocycles. The number of hydrogen-bond donors (Lipinski definition) is 1. The zero-order valence-corrected chi connectivity index (χ0v) is 20.1. The van der Waals surface area contributed by atoms with Gasteiger partial charge in [0.2, 0.25) is 5.78 Å². The van der Waals surface area contributed by atoms with Gasteiger partial charge in [-0.25, -0.2) is 0 Å². The van der Waals surface area contributed by atoms with Gasteiger partial charge in [-0.3, -0.25) is 4.79 Å². The van der Waals surface area contributed by atoms with Crippen molar-refractivity contribution in [2.24, 2.45) is 0 Å². The van der Waals surface area contributed by atoms with Crippen LogP contribution in [-0.4, -0.2) is 41.2 Å². The van der Waals surface area contributed by atoms with Gasteiger partial charge in [0, 0.05) is 6.42 Å². The van der Waals surface area contributed by atoms with E-state index in [0.29, 0.717) is 25.7 Å². The molecule has 2 nitrogen and oxygen atoms in total. The van der Waals surface area contributed by atoms with E-state index in [-0.39, 0.29) is 12.8 Å². The van der Waals surface area contributed by atoms with Crippen molar-refractivity contribution in [3.05, 3.63) is 71.8 Å². The van der Waals surface area contributed by atoms with Crippen LogP contribution >= 0.6 is 0 Å². The number of aliphatic hydroxyl groups is 1. The maximum Gasteiger partial charge on any atom is 0.461 e. The molecule has 0 aliphatic carbocycles. The highest BCUT2D eigenvalue weighted by Gasteiger charge is 2.62. The Bertz CT molecular complexity index is 942. The van der Waals surface area contributed by atoms with E-state index in [1.165, 1.54) is 0 Å². The number of halogens is 10. The quantitative estimate of drug-likeness (QED) is 0.210. The third kappa shape index (κ3) is 10.6. The Morgan fingerprint density at radius 1 is 0.632 bits per heavy atom. The zero-order valence-electron chi connectivity index (χ0n) is 20.1. The molecule has 2 rings (SSSR count). The summed E-state index contributed by atoms with van der Waals surface area (Å²) in [4.78, 5) is 10.9. The van der Waals surface area contributed by atoms with E-state index in [2.05, 4.69) is 0 Å². The van der Waals surface area contributed by atoms with Gasteiger partial charge in [-0.1, -0.05) is 67.1 Å². The third-order valence-corrected chi connectivity index (χ3v) is 5.50. The highest BCUT2D eigenvalue weighted by molar-refractivity contribution is 5.86. The molecule has 1 atom stereocenters. The number of unbranched alkanes of at least 4 members (excludes halogenated alkanes) is 2. The molecular formula is C26H28F10O2. The molecule has 0 heterocycles. The minimum Gasteiger partial charge on any atom is -0.386 e. The first-order chi connectivity index (χ1) is 17.5. The number of benzene rings is 2. The molecule has 2 aromatic carbocycles. The van der Waals surface area contributed by atoms with Crippen molar-refractivity contribution < 1.29 is 53.8 Å². The van der Waals surface area contributed by atoms with Gasteiger partial charge < -0.3 is 5.11 Å². The van der Waals surface area contributed by atoms with Gasteiger partial charge in [0.15, 0.2) is 0 Å². The largest absolute Gasteiger partial charge is 0.461 e. The van der Waals surface area contributed by atoms with E-state index >= 15 is 0 Å². The van der Waals surface area contributed by atoms with Crippen LogP contribution in [0.2, 0.25) is 0 Å². The summed E-state index contributed by atoms with van der Waals surface area (Å²) in [7, 11) is 0. The molecule has 0 aliphatic heterocycles. The van der Waals surface area contributed by atoms with E-state index in [0.717, 1.165) is 11.1 Å². The van der Waals surface area contributed by atoms with Crippen LogP contribution in [-0.2, 0) is 17.6 Å². The van der Waals surface area contributed by atoms with Crippen LogP contribution in [0.25, 0.3) is 0 Å². The zero-order chi connectivity index (χ0) is 29.0. The maximum atomic E-state index is 12.7. The molecule has 0 saturated carbocycles. The van der Waals surface area contributed by atoms with Crippen LogP contribution in [0, 0.1) is 0 Å². The molecule has 214 valence electrons. The average Bonchev–Trinajstić information content (AvgIpc) is 2.84. The summed E-state index contributed by atoms with van der Waals surface area (Å²) >= 11 is 0. The first-order valence-electron chi connectivity index (χ1n) is 11.7. The SMILES string of the molecule is O=C(CCCCc1ccccc1)C(F)(F)C(F)(F)F.OC(CCCCc1ccccc1)C(F)(F)C(F)(F)F. The number of aryl methyl sites for hydroxylation is 2. The van der Waals surface area contributed by atoms with Crippen LogP contribution < -0.4 is 0 Å². The first-order valence-corrected chi connectivity index (χ1v) is 11.7. The molecular weight excluding hydrogens is 534 g/mol. The Hall–Kier alpha value is -2.63. The predicted molar refractivity (Wildman–Crippen MR) is 121 cm³/mol. The fourth-order valence-electron chi connectivity index (χ4n) is 3.26. The number of rotatable bonds is 12. The Morgan fingerprint density at radius 3 is 1.45 bits per heavy atom. The monoisotopic (exact) mass is 562 g/mol. The van der Waals surface area contributed by atoms with Crippen LogP contribution in [0.4, 0.5) is 43.9 Å². The van der Waals surface area contributed by atoms with Crippen LogP contribution in [0.1, 0.15) is 49.7 Å². The number of carbonyl (C=O) groups excluding carboxylic acids is 1. The molecule has 12 heteroatoms. The van der Waals surface area contributed by atoms with Crippen molar-refractivity contribution in [1.29, 1.82) is 0 Å². The molecule has 0 radical (unpaired) electrons. The van der Waals surface area contributed by atoms with Gasteiger partial charge in [0.25, 0.3) is 0 Å². The van der Waals surface area contributed by atoms with Crippen LogP contribution in [0.15, 0.2) is 60.7 Å².